The van der Waals surface area contributed by atoms with Crippen molar-refractivity contribution in [2.24, 2.45) is 0 Å². The van der Waals surface area contributed by atoms with Gasteiger partial charge < -0.3 is 10.3 Å². The number of hydrogen-bond donors (Lipinski definition) is 2. The maximum atomic E-state index is 4.88. The predicted molar refractivity (Wildman–Crippen MR) is 64.4 cm³/mol. The summed E-state index contributed by atoms with van der Waals surface area (Å²) >= 11 is 4.88. The molecule has 15 heavy (non-hydrogen) atoms. The van der Waals surface area contributed by atoms with Crippen LogP contribution in [-0.4, -0.2) is 21.5 Å². The minimum absolute atomic E-state index is 0.458. The Balaban J connectivity index is 2.15. The third kappa shape index (κ3) is 5.27. The molecular formula is C10H16N4S. The summed E-state index contributed by atoms with van der Waals surface area (Å²) in [6.45, 7) is 4.59. The summed E-state index contributed by atoms with van der Waals surface area (Å²) < 4.78 is 0.458. The zero-order valence-corrected chi connectivity index (χ0v) is 9.52. The number of hydrogen-bond acceptors (Lipinski definition) is 4. The molecule has 0 aliphatic rings. The van der Waals surface area contributed by atoms with Gasteiger partial charge in [0.05, 0.1) is 0 Å². The van der Waals surface area contributed by atoms with Crippen LogP contribution in [-0.2, 0) is 0 Å². The van der Waals surface area contributed by atoms with Crippen LogP contribution in [0.3, 0.4) is 0 Å². The molecule has 0 amide bonds. The van der Waals surface area contributed by atoms with Crippen molar-refractivity contribution in [3.8, 4) is 0 Å². The number of aromatic nitrogens is 3. The summed E-state index contributed by atoms with van der Waals surface area (Å²) in [7, 11) is 0. The Kier molecular flexibility index (Phi) is 5.62. The fraction of sp³-hybridized carbons (Fsp3) is 0.500. The Morgan fingerprint density at radius 3 is 3.00 bits per heavy atom. The van der Waals surface area contributed by atoms with Crippen LogP contribution >= 0.6 is 12.2 Å². The lowest BCUT2D eigenvalue weighted by Crippen LogP contribution is -2.05. The van der Waals surface area contributed by atoms with E-state index >= 15 is 0 Å². The molecule has 0 saturated carbocycles. The van der Waals surface area contributed by atoms with Crippen molar-refractivity contribution in [1.82, 2.24) is 15.0 Å². The maximum Gasteiger partial charge on any atom is 0.203 e. The van der Waals surface area contributed by atoms with E-state index in [2.05, 4.69) is 26.8 Å². The van der Waals surface area contributed by atoms with Crippen molar-refractivity contribution in [2.75, 3.05) is 11.9 Å². The zero-order valence-electron chi connectivity index (χ0n) is 8.70. The highest BCUT2D eigenvalue weighted by Gasteiger charge is 1.92. The molecule has 1 aromatic heterocycles. The van der Waals surface area contributed by atoms with Crippen molar-refractivity contribution < 1.29 is 0 Å². The summed E-state index contributed by atoms with van der Waals surface area (Å²) in [5, 5.41) is 3.16. The topological polar surface area (TPSA) is 53.6 Å². The molecule has 2 N–H and O–H groups in total. The molecule has 1 heterocycles. The number of allylic oxidation sites excluding steroid dienone is 1. The van der Waals surface area contributed by atoms with Crippen LogP contribution in [0.2, 0.25) is 0 Å². The first-order valence-corrected chi connectivity index (χ1v) is 5.50. The number of rotatable bonds is 7. The monoisotopic (exact) mass is 224 g/mol. The largest absolute Gasteiger partial charge is 0.356 e. The van der Waals surface area contributed by atoms with E-state index in [1.807, 2.05) is 6.08 Å². The van der Waals surface area contributed by atoms with E-state index in [1.54, 1.807) is 0 Å². The SMILES string of the molecule is C=CCCCCCNc1ncnc(=S)[nH]1. The number of anilines is 1. The lowest BCUT2D eigenvalue weighted by Gasteiger charge is -2.03. The van der Waals surface area contributed by atoms with Crippen molar-refractivity contribution in [2.45, 2.75) is 25.7 Å². The summed E-state index contributed by atoms with van der Waals surface area (Å²) in [5.74, 6) is 0.693. The van der Waals surface area contributed by atoms with Gasteiger partial charge in [-0.2, -0.15) is 0 Å². The Morgan fingerprint density at radius 1 is 1.40 bits per heavy atom. The predicted octanol–water partition coefficient (Wildman–Crippen LogP) is 2.69. The first kappa shape index (κ1) is 11.8. The fourth-order valence-corrected chi connectivity index (χ4v) is 1.34. The molecule has 0 spiro atoms. The molecule has 0 fully saturated rings. The number of aromatic amines is 1. The van der Waals surface area contributed by atoms with E-state index in [-0.39, 0.29) is 0 Å². The van der Waals surface area contributed by atoms with Gasteiger partial charge in [-0.05, 0) is 31.5 Å². The summed E-state index contributed by atoms with van der Waals surface area (Å²) in [4.78, 5) is 10.7. The van der Waals surface area contributed by atoms with Gasteiger partial charge in [-0.1, -0.05) is 12.5 Å². The van der Waals surface area contributed by atoms with Gasteiger partial charge >= 0.3 is 0 Å². The minimum Gasteiger partial charge on any atom is -0.356 e. The smallest absolute Gasteiger partial charge is 0.203 e. The molecule has 0 aliphatic heterocycles. The number of H-pyrrole nitrogens is 1. The fourth-order valence-electron chi connectivity index (χ4n) is 1.19. The molecular weight excluding hydrogens is 208 g/mol. The third-order valence-corrected chi connectivity index (χ3v) is 2.17. The number of nitrogens with one attached hydrogen (secondary N) is 2. The van der Waals surface area contributed by atoms with Gasteiger partial charge in [-0.3, -0.25) is 0 Å². The molecule has 0 radical (unpaired) electrons. The Hall–Kier alpha value is -1.23. The van der Waals surface area contributed by atoms with Gasteiger partial charge in [0.2, 0.25) is 10.7 Å². The van der Waals surface area contributed by atoms with Gasteiger partial charge in [0.15, 0.2) is 0 Å². The minimum atomic E-state index is 0.458. The average Bonchev–Trinajstić information content (AvgIpc) is 2.23. The third-order valence-electron chi connectivity index (χ3n) is 1.96. The molecule has 4 nitrogen and oxygen atoms in total. The van der Waals surface area contributed by atoms with E-state index in [9.17, 15) is 0 Å². The Morgan fingerprint density at radius 2 is 2.27 bits per heavy atom. The van der Waals surface area contributed by atoms with Crippen LogP contribution in [0.25, 0.3) is 0 Å². The molecule has 0 bridgehead atoms. The molecule has 1 rings (SSSR count). The van der Waals surface area contributed by atoms with Gasteiger partial charge in [0.1, 0.15) is 6.33 Å². The van der Waals surface area contributed by atoms with Crippen LogP contribution in [0.15, 0.2) is 19.0 Å². The van der Waals surface area contributed by atoms with Gasteiger partial charge in [-0.15, -0.1) is 6.58 Å². The van der Waals surface area contributed by atoms with E-state index in [4.69, 9.17) is 12.2 Å². The molecule has 0 saturated heterocycles. The van der Waals surface area contributed by atoms with Crippen LogP contribution in [0.4, 0.5) is 5.95 Å². The van der Waals surface area contributed by atoms with E-state index < -0.39 is 0 Å². The average molecular weight is 224 g/mol. The quantitative estimate of drug-likeness (QED) is 0.425. The molecule has 0 aromatic carbocycles. The van der Waals surface area contributed by atoms with Crippen LogP contribution in [0.1, 0.15) is 25.7 Å². The Bertz CT molecular complexity index is 347. The second-order valence-corrected chi connectivity index (χ2v) is 3.60. The number of nitrogens with zero attached hydrogens (tertiary/aromatic N) is 2. The normalized spacial score (nSPS) is 9.87. The highest BCUT2D eigenvalue weighted by atomic mass is 32.1. The van der Waals surface area contributed by atoms with E-state index in [1.165, 1.54) is 19.2 Å². The molecule has 0 atom stereocenters. The second-order valence-electron chi connectivity index (χ2n) is 3.22. The molecule has 5 heteroatoms. The van der Waals surface area contributed by atoms with Crippen molar-refractivity contribution >= 4 is 18.2 Å². The van der Waals surface area contributed by atoms with Crippen molar-refractivity contribution in [3.05, 3.63) is 23.8 Å². The van der Waals surface area contributed by atoms with Crippen LogP contribution in [0.5, 0.6) is 0 Å². The van der Waals surface area contributed by atoms with E-state index in [0.717, 1.165) is 19.4 Å². The summed E-state index contributed by atoms with van der Waals surface area (Å²) in [5.41, 5.74) is 0. The molecule has 82 valence electrons. The molecule has 0 unspecified atom stereocenters. The van der Waals surface area contributed by atoms with Crippen molar-refractivity contribution in [3.63, 3.8) is 0 Å². The highest BCUT2D eigenvalue weighted by molar-refractivity contribution is 7.71. The number of unbranched alkanes of at least 4 members (excludes halogenated alkanes) is 3. The zero-order chi connectivity index (χ0) is 10.9. The standard InChI is InChI=1S/C10H16N4S/c1-2-3-4-5-6-7-11-9-12-8-13-10(15)14-9/h2,8H,1,3-7H2,(H2,11,12,13,14,15). The van der Waals surface area contributed by atoms with Crippen LogP contribution in [0, 0.1) is 4.77 Å². The highest BCUT2D eigenvalue weighted by Crippen LogP contribution is 2.01. The van der Waals surface area contributed by atoms with Crippen molar-refractivity contribution in [1.29, 1.82) is 0 Å². The summed E-state index contributed by atoms with van der Waals surface area (Å²) in [6, 6.07) is 0. The first-order valence-electron chi connectivity index (χ1n) is 5.09. The lowest BCUT2D eigenvalue weighted by molar-refractivity contribution is 0.706. The van der Waals surface area contributed by atoms with Crippen LogP contribution < -0.4 is 5.32 Å². The maximum absolute atomic E-state index is 4.88. The second kappa shape index (κ2) is 7.11. The lowest BCUT2D eigenvalue weighted by atomic mass is 10.2. The Labute approximate surface area is 94.9 Å². The molecule has 0 aliphatic carbocycles. The molecule has 1 aromatic rings. The van der Waals surface area contributed by atoms with E-state index in [0.29, 0.717) is 10.7 Å². The van der Waals surface area contributed by atoms with Gasteiger partial charge in [0.25, 0.3) is 0 Å². The summed E-state index contributed by atoms with van der Waals surface area (Å²) in [6.07, 6.45) is 8.03. The van der Waals surface area contributed by atoms with Gasteiger partial charge in [0, 0.05) is 6.54 Å². The first-order chi connectivity index (χ1) is 7.33. The van der Waals surface area contributed by atoms with Gasteiger partial charge in [-0.25, -0.2) is 9.97 Å².